The smallest absolute Gasteiger partial charge is 0.123 e. The van der Waals surface area contributed by atoms with Gasteiger partial charge in [-0.2, -0.15) is 0 Å². The lowest BCUT2D eigenvalue weighted by molar-refractivity contribution is 0.150. The average Bonchev–Trinajstić information content (AvgIpc) is 2.19. The summed E-state index contributed by atoms with van der Waals surface area (Å²) in [7, 11) is 0. The van der Waals surface area contributed by atoms with E-state index in [1.165, 1.54) is 12.1 Å². The van der Waals surface area contributed by atoms with E-state index in [2.05, 4.69) is 0 Å². The average molecular weight is 198 g/mol. The predicted octanol–water partition coefficient (Wildman–Crippen LogP) is 1.28. The van der Waals surface area contributed by atoms with Crippen molar-refractivity contribution in [1.82, 2.24) is 0 Å². The molecule has 2 N–H and O–H groups in total. The Kier molecular flexibility index (Phi) is 4.04. The van der Waals surface area contributed by atoms with Crippen molar-refractivity contribution in [2.75, 3.05) is 13.2 Å². The topological polar surface area (TPSA) is 40.5 Å². The summed E-state index contributed by atoms with van der Waals surface area (Å²) in [6.45, 7) is 1.74. The van der Waals surface area contributed by atoms with E-state index in [1.54, 1.807) is 6.07 Å². The predicted molar refractivity (Wildman–Crippen MR) is 52.5 cm³/mol. The van der Waals surface area contributed by atoms with Crippen molar-refractivity contribution in [3.05, 3.63) is 35.1 Å². The van der Waals surface area contributed by atoms with Crippen LogP contribution in [0.3, 0.4) is 0 Å². The maximum atomic E-state index is 12.9. The maximum Gasteiger partial charge on any atom is 0.123 e. The molecule has 0 aliphatic carbocycles. The molecule has 1 aromatic carbocycles. The first-order valence-electron chi connectivity index (χ1n) is 4.64. The molecule has 0 radical (unpaired) electrons. The molecule has 0 saturated heterocycles. The number of aliphatic hydroxyl groups excluding tert-OH is 2. The van der Waals surface area contributed by atoms with Gasteiger partial charge in [-0.25, -0.2) is 4.39 Å². The van der Waals surface area contributed by atoms with Gasteiger partial charge in [-0.15, -0.1) is 0 Å². The summed E-state index contributed by atoms with van der Waals surface area (Å²) >= 11 is 0. The highest BCUT2D eigenvalue weighted by Crippen LogP contribution is 2.14. The quantitative estimate of drug-likeness (QED) is 0.765. The number of rotatable bonds is 4. The standard InChI is InChI=1S/C11H15FO2/c1-8-2-3-11(12)5-10(8)4-9(6-13)7-14/h2-3,5,9,13-14H,4,6-7H2,1H3. The summed E-state index contributed by atoms with van der Waals surface area (Å²) in [4.78, 5) is 0. The number of halogens is 1. The largest absolute Gasteiger partial charge is 0.396 e. The van der Waals surface area contributed by atoms with Gasteiger partial charge in [-0.05, 0) is 36.6 Å². The van der Waals surface area contributed by atoms with Crippen LogP contribution in [0.2, 0.25) is 0 Å². The fraction of sp³-hybridized carbons (Fsp3) is 0.455. The molecule has 0 unspecified atom stereocenters. The summed E-state index contributed by atoms with van der Waals surface area (Å²) in [6, 6.07) is 4.57. The van der Waals surface area contributed by atoms with Crippen molar-refractivity contribution < 1.29 is 14.6 Å². The van der Waals surface area contributed by atoms with Gasteiger partial charge in [0.25, 0.3) is 0 Å². The zero-order valence-corrected chi connectivity index (χ0v) is 8.20. The van der Waals surface area contributed by atoms with Crippen LogP contribution in [-0.4, -0.2) is 23.4 Å². The molecule has 0 spiro atoms. The number of hydrogen-bond acceptors (Lipinski definition) is 2. The molecular formula is C11H15FO2. The van der Waals surface area contributed by atoms with Crippen molar-refractivity contribution in [1.29, 1.82) is 0 Å². The fourth-order valence-electron chi connectivity index (χ4n) is 1.36. The Morgan fingerprint density at radius 2 is 1.93 bits per heavy atom. The number of aliphatic hydroxyl groups is 2. The molecule has 2 nitrogen and oxygen atoms in total. The van der Waals surface area contributed by atoms with Crippen LogP contribution in [0.1, 0.15) is 11.1 Å². The van der Waals surface area contributed by atoms with Crippen LogP contribution in [0.5, 0.6) is 0 Å². The van der Waals surface area contributed by atoms with E-state index in [9.17, 15) is 4.39 Å². The van der Waals surface area contributed by atoms with E-state index < -0.39 is 0 Å². The van der Waals surface area contributed by atoms with Gasteiger partial charge in [0, 0.05) is 19.1 Å². The summed E-state index contributed by atoms with van der Waals surface area (Å²) in [5, 5.41) is 17.8. The zero-order chi connectivity index (χ0) is 10.6. The third kappa shape index (κ3) is 2.79. The Bertz CT molecular complexity index is 295. The number of aryl methyl sites for hydroxylation is 1. The molecule has 0 bridgehead atoms. The Labute approximate surface area is 83.0 Å². The lowest BCUT2D eigenvalue weighted by Gasteiger charge is -2.12. The van der Waals surface area contributed by atoms with Crippen molar-refractivity contribution in [3.8, 4) is 0 Å². The number of benzene rings is 1. The van der Waals surface area contributed by atoms with Crippen LogP contribution in [0.4, 0.5) is 4.39 Å². The highest BCUT2D eigenvalue weighted by atomic mass is 19.1. The fourth-order valence-corrected chi connectivity index (χ4v) is 1.36. The highest BCUT2D eigenvalue weighted by Gasteiger charge is 2.09. The molecule has 14 heavy (non-hydrogen) atoms. The minimum Gasteiger partial charge on any atom is -0.396 e. The third-order valence-electron chi connectivity index (χ3n) is 2.34. The maximum absolute atomic E-state index is 12.9. The van der Waals surface area contributed by atoms with Crippen molar-refractivity contribution in [2.24, 2.45) is 5.92 Å². The summed E-state index contributed by atoms with van der Waals surface area (Å²) in [5.74, 6) is -0.476. The Morgan fingerprint density at radius 1 is 1.29 bits per heavy atom. The molecule has 0 heterocycles. The molecule has 0 atom stereocenters. The first-order valence-corrected chi connectivity index (χ1v) is 4.64. The molecule has 78 valence electrons. The second kappa shape index (κ2) is 5.08. The normalized spacial score (nSPS) is 10.9. The lowest BCUT2D eigenvalue weighted by atomic mass is 9.97. The van der Waals surface area contributed by atoms with Gasteiger partial charge < -0.3 is 10.2 Å². The van der Waals surface area contributed by atoms with Crippen molar-refractivity contribution in [2.45, 2.75) is 13.3 Å². The van der Waals surface area contributed by atoms with Crippen molar-refractivity contribution >= 4 is 0 Å². The van der Waals surface area contributed by atoms with E-state index in [0.29, 0.717) is 6.42 Å². The first-order chi connectivity index (χ1) is 6.67. The van der Waals surface area contributed by atoms with Gasteiger partial charge in [0.1, 0.15) is 5.82 Å². The molecular weight excluding hydrogens is 183 g/mol. The summed E-state index contributed by atoms with van der Waals surface area (Å²) in [6.07, 6.45) is 0.511. The second-order valence-corrected chi connectivity index (χ2v) is 3.51. The molecule has 1 rings (SSSR count). The minimum absolute atomic E-state index is 0.0769. The highest BCUT2D eigenvalue weighted by molar-refractivity contribution is 5.26. The lowest BCUT2D eigenvalue weighted by Crippen LogP contribution is -2.14. The van der Waals surface area contributed by atoms with Crippen LogP contribution in [0.25, 0.3) is 0 Å². The molecule has 0 amide bonds. The summed E-state index contributed by atoms with van der Waals surface area (Å²) < 4.78 is 12.9. The molecule has 3 heteroatoms. The second-order valence-electron chi connectivity index (χ2n) is 3.51. The van der Waals surface area contributed by atoms with Gasteiger partial charge in [-0.1, -0.05) is 6.07 Å². The van der Waals surface area contributed by atoms with Crippen LogP contribution < -0.4 is 0 Å². The molecule has 0 aliphatic rings. The van der Waals surface area contributed by atoms with Gasteiger partial charge in [-0.3, -0.25) is 0 Å². The molecule has 0 fully saturated rings. The number of hydrogen-bond donors (Lipinski definition) is 2. The van der Waals surface area contributed by atoms with Gasteiger partial charge in [0.05, 0.1) is 0 Å². The van der Waals surface area contributed by atoms with Crippen molar-refractivity contribution in [3.63, 3.8) is 0 Å². The first kappa shape index (κ1) is 11.1. The monoisotopic (exact) mass is 198 g/mol. The Morgan fingerprint density at radius 3 is 2.50 bits per heavy atom. The molecule has 0 saturated carbocycles. The van der Waals surface area contributed by atoms with Crippen LogP contribution in [0.15, 0.2) is 18.2 Å². The van der Waals surface area contributed by atoms with Crippen LogP contribution in [0, 0.1) is 18.7 Å². The zero-order valence-electron chi connectivity index (χ0n) is 8.20. The van der Waals surface area contributed by atoms with Gasteiger partial charge in [0.2, 0.25) is 0 Å². The van der Waals surface area contributed by atoms with E-state index in [0.717, 1.165) is 11.1 Å². The Balaban J connectivity index is 2.79. The van der Waals surface area contributed by atoms with Crippen LogP contribution in [-0.2, 0) is 6.42 Å². The molecule has 0 aromatic heterocycles. The van der Waals surface area contributed by atoms with Crippen LogP contribution >= 0.6 is 0 Å². The molecule has 0 aliphatic heterocycles. The Hall–Kier alpha value is -0.930. The SMILES string of the molecule is Cc1ccc(F)cc1CC(CO)CO. The van der Waals surface area contributed by atoms with E-state index >= 15 is 0 Å². The van der Waals surface area contributed by atoms with Gasteiger partial charge >= 0.3 is 0 Å². The van der Waals surface area contributed by atoms with Gasteiger partial charge in [0.15, 0.2) is 0 Å². The van der Waals surface area contributed by atoms with E-state index in [1.807, 2.05) is 6.92 Å². The van der Waals surface area contributed by atoms with E-state index in [-0.39, 0.29) is 24.9 Å². The van der Waals surface area contributed by atoms with E-state index in [4.69, 9.17) is 10.2 Å². The third-order valence-corrected chi connectivity index (χ3v) is 2.34. The molecule has 1 aromatic rings. The minimum atomic E-state index is -0.278. The summed E-state index contributed by atoms with van der Waals surface area (Å²) in [5.41, 5.74) is 1.83.